The zero-order chi connectivity index (χ0) is 20.4. The SMILES string of the molecule is COc1cc2c(cc1OCC(F)F)[C@H]1CCCC[C@H]1N=C2c1cnc(SC)nc1. The molecule has 29 heavy (non-hydrogen) atoms. The van der Waals surface area contributed by atoms with Crippen molar-refractivity contribution in [1.82, 2.24) is 9.97 Å². The van der Waals surface area contributed by atoms with E-state index >= 15 is 0 Å². The Labute approximate surface area is 173 Å². The predicted molar refractivity (Wildman–Crippen MR) is 109 cm³/mol. The minimum atomic E-state index is -2.54. The molecule has 2 heterocycles. The molecule has 4 rings (SSSR count). The van der Waals surface area contributed by atoms with Gasteiger partial charge in [-0.2, -0.15) is 0 Å². The zero-order valence-corrected chi connectivity index (χ0v) is 17.2. The highest BCUT2D eigenvalue weighted by atomic mass is 32.2. The summed E-state index contributed by atoms with van der Waals surface area (Å²) in [6.45, 7) is -0.659. The quantitative estimate of drug-likeness (QED) is 0.501. The minimum absolute atomic E-state index is 0.169. The van der Waals surface area contributed by atoms with Gasteiger partial charge in [0.2, 0.25) is 0 Å². The Kier molecular flexibility index (Phi) is 5.99. The van der Waals surface area contributed by atoms with Crippen LogP contribution in [0.3, 0.4) is 0 Å². The number of aromatic nitrogens is 2. The molecule has 1 aromatic heterocycles. The van der Waals surface area contributed by atoms with Gasteiger partial charge in [0.05, 0.1) is 18.9 Å². The number of halogens is 2. The van der Waals surface area contributed by atoms with Crippen LogP contribution in [0.1, 0.15) is 48.3 Å². The van der Waals surface area contributed by atoms with Gasteiger partial charge in [-0.3, -0.25) is 4.99 Å². The van der Waals surface area contributed by atoms with Gasteiger partial charge in [-0.15, -0.1) is 0 Å². The van der Waals surface area contributed by atoms with Crippen LogP contribution in [0.15, 0.2) is 34.7 Å². The molecule has 1 saturated carbocycles. The van der Waals surface area contributed by atoms with Crippen molar-refractivity contribution in [3.63, 3.8) is 0 Å². The molecule has 2 aromatic rings. The molecule has 0 bridgehead atoms. The number of hydrogen-bond acceptors (Lipinski definition) is 6. The highest BCUT2D eigenvalue weighted by Gasteiger charge is 2.35. The van der Waals surface area contributed by atoms with Crippen LogP contribution in [-0.2, 0) is 0 Å². The third-order valence-corrected chi connectivity index (χ3v) is 6.04. The summed E-state index contributed by atoms with van der Waals surface area (Å²) in [6, 6.07) is 3.89. The molecule has 8 heteroatoms. The molecular formula is C21H23F2N3O2S. The summed E-state index contributed by atoms with van der Waals surface area (Å²) in [4.78, 5) is 13.8. The maximum absolute atomic E-state index is 12.7. The van der Waals surface area contributed by atoms with Crippen LogP contribution in [0.4, 0.5) is 8.78 Å². The van der Waals surface area contributed by atoms with Crippen molar-refractivity contribution in [2.45, 2.75) is 49.2 Å². The lowest BCUT2D eigenvalue weighted by molar-refractivity contribution is 0.0803. The summed E-state index contributed by atoms with van der Waals surface area (Å²) >= 11 is 1.48. The Hall–Kier alpha value is -2.22. The molecule has 154 valence electrons. The molecule has 0 radical (unpaired) electrons. The molecule has 1 fully saturated rings. The number of alkyl halides is 2. The van der Waals surface area contributed by atoms with Gasteiger partial charge in [-0.05, 0) is 36.8 Å². The number of fused-ring (bicyclic) bond motifs is 3. The number of nitrogens with zero attached hydrogens (tertiary/aromatic N) is 3. The number of rotatable bonds is 6. The largest absolute Gasteiger partial charge is 0.493 e. The first-order valence-electron chi connectivity index (χ1n) is 9.68. The van der Waals surface area contributed by atoms with Crippen LogP contribution >= 0.6 is 11.8 Å². The third kappa shape index (κ3) is 4.08. The highest BCUT2D eigenvalue weighted by Crippen LogP contribution is 2.44. The minimum Gasteiger partial charge on any atom is -0.493 e. The summed E-state index contributed by atoms with van der Waals surface area (Å²) < 4.78 is 36.2. The van der Waals surface area contributed by atoms with Gasteiger partial charge in [0, 0.05) is 29.4 Å². The fraction of sp³-hybridized carbons (Fsp3) is 0.476. The molecule has 1 aliphatic heterocycles. The lowest BCUT2D eigenvalue weighted by Gasteiger charge is -2.35. The molecule has 0 amide bonds. The first-order chi connectivity index (χ1) is 14.1. The van der Waals surface area contributed by atoms with Gasteiger partial charge in [0.25, 0.3) is 6.43 Å². The van der Waals surface area contributed by atoms with Crippen LogP contribution < -0.4 is 9.47 Å². The van der Waals surface area contributed by atoms with Crippen molar-refractivity contribution >= 4 is 17.5 Å². The molecule has 5 nitrogen and oxygen atoms in total. The van der Waals surface area contributed by atoms with E-state index in [-0.39, 0.29) is 12.0 Å². The van der Waals surface area contributed by atoms with Crippen molar-refractivity contribution < 1.29 is 18.3 Å². The fourth-order valence-corrected chi connectivity index (χ4v) is 4.47. The van der Waals surface area contributed by atoms with Crippen molar-refractivity contribution in [2.75, 3.05) is 20.0 Å². The number of ether oxygens (including phenoxy) is 2. The van der Waals surface area contributed by atoms with E-state index in [0.717, 1.165) is 48.1 Å². The van der Waals surface area contributed by atoms with E-state index < -0.39 is 13.0 Å². The van der Waals surface area contributed by atoms with Gasteiger partial charge in [0.15, 0.2) is 16.7 Å². The molecule has 0 saturated heterocycles. The van der Waals surface area contributed by atoms with Crippen molar-refractivity contribution in [3.8, 4) is 11.5 Å². The molecule has 0 N–H and O–H groups in total. The van der Waals surface area contributed by atoms with Crippen molar-refractivity contribution in [3.05, 3.63) is 41.2 Å². The molecule has 2 aliphatic rings. The summed E-state index contributed by atoms with van der Waals surface area (Å²) in [5, 5.41) is 0.703. The standard InChI is InChI=1S/C21H23F2N3O2S/c1-27-17-8-15-14(7-18(17)28-11-19(22)23)13-5-3-4-6-16(13)26-20(15)12-9-24-21(29-2)25-10-12/h7-10,13,16,19H,3-6,11H2,1-2H3/t13-,16-/m1/s1. The Morgan fingerprint density at radius 1 is 1.14 bits per heavy atom. The van der Waals surface area contributed by atoms with Crippen LogP contribution in [0.25, 0.3) is 0 Å². The Bertz CT molecular complexity index is 906. The van der Waals surface area contributed by atoms with Crippen molar-refractivity contribution in [1.29, 1.82) is 0 Å². The Morgan fingerprint density at radius 2 is 1.90 bits per heavy atom. The van der Waals surface area contributed by atoms with Crippen LogP contribution in [0.5, 0.6) is 11.5 Å². The van der Waals surface area contributed by atoms with E-state index in [1.807, 2.05) is 18.4 Å². The van der Waals surface area contributed by atoms with Gasteiger partial charge in [-0.25, -0.2) is 18.7 Å². The number of benzene rings is 1. The monoisotopic (exact) mass is 419 g/mol. The van der Waals surface area contributed by atoms with Gasteiger partial charge >= 0.3 is 0 Å². The first-order valence-corrected chi connectivity index (χ1v) is 10.9. The van der Waals surface area contributed by atoms with E-state index in [1.54, 1.807) is 12.4 Å². The molecular weight excluding hydrogens is 396 g/mol. The smallest absolute Gasteiger partial charge is 0.272 e. The molecule has 1 aliphatic carbocycles. The number of hydrogen-bond donors (Lipinski definition) is 0. The van der Waals surface area contributed by atoms with Gasteiger partial charge in [0.1, 0.15) is 6.61 Å². The summed E-state index contributed by atoms with van der Waals surface area (Å²) in [5.41, 5.74) is 3.69. The van der Waals surface area contributed by atoms with Crippen LogP contribution in [0, 0.1) is 0 Å². The first kappa shape index (κ1) is 20.1. The molecule has 0 unspecified atom stereocenters. The molecule has 2 atom stereocenters. The maximum atomic E-state index is 12.7. The summed E-state index contributed by atoms with van der Waals surface area (Å²) in [6.07, 6.45) is 7.28. The zero-order valence-electron chi connectivity index (χ0n) is 16.4. The van der Waals surface area contributed by atoms with Crippen molar-refractivity contribution in [2.24, 2.45) is 4.99 Å². The normalized spacial score (nSPS) is 20.7. The average Bonchev–Trinajstić information content (AvgIpc) is 2.76. The third-order valence-electron chi connectivity index (χ3n) is 5.46. The lowest BCUT2D eigenvalue weighted by Crippen LogP contribution is -2.29. The van der Waals surface area contributed by atoms with Crippen LogP contribution in [-0.4, -0.2) is 48.1 Å². The molecule has 0 spiro atoms. The number of thioether (sulfide) groups is 1. The van der Waals surface area contributed by atoms with Crippen LogP contribution in [0.2, 0.25) is 0 Å². The van der Waals surface area contributed by atoms with Gasteiger partial charge < -0.3 is 9.47 Å². The second-order valence-electron chi connectivity index (χ2n) is 7.19. The lowest BCUT2D eigenvalue weighted by atomic mass is 9.75. The number of aliphatic imine (C=N–C) groups is 1. The summed E-state index contributed by atoms with van der Waals surface area (Å²) in [7, 11) is 1.51. The topological polar surface area (TPSA) is 56.6 Å². The summed E-state index contributed by atoms with van der Waals surface area (Å²) in [5.74, 6) is 1.04. The Morgan fingerprint density at radius 3 is 2.59 bits per heavy atom. The van der Waals surface area contributed by atoms with E-state index in [4.69, 9.17) is 14.5 Å². The van der Waals surface area contributed by atoms with E-state index in [1.165, 1.54) is 18.9 Å². The highest BCUT2D eigenvalue weighted by molar-refractivity contribution is 7.98. The average molecular weight is 419 g/mol. The second-order valence-corrected chi connectivity index (χ2v) is 7.96. The number of methoxy groups -OCH3 is 1. The molecule has 1 aromatic carbocycles. The van der Waals surface area contributed by atoms with Gasteiger partial charge in [-0.1, -0.05) is 24.6 Å². The predicted octanol–water partition coefficient (Wildman–Crippen LogP) is 4.73. The Balaban J connectivity index is 1.81. The fourth-order valence-electron chi connectivity index (χ4n) is 4.15. The maximum Gasteiger partial charge on any atom is 0.272 e. The van der Waals surface area contributed by atoms with E-state index in [9.17, 15) is 8.78 Å². The van der Waals surface area contributed by atoms with E-state index in [0.29, 0.717) is 16.7 Å². The van der Waals surface area contributed by atoms with E-state index in [2.05, 4.69) is 9.97 Å². The second kappa shape index (κ2) is 8.65.